The SMILES string of the molecule is Fc1ccc(N2CC3(CCCC3)C2)c(I)c1. The van der Waals surface area contributed by atoms with Crippen molar-refractivity contribution in [2.45, 2.75) is 25.7 Å². The molecule has 1 heterocycles. The van der Waals surface area contributed by atoms with E-state index in [1.807, 2.05) is 6.07 Å². The summed E-state index contributed by atoms with van der Waals surface area (Å²) in [7, 11) is 0. The van der Waals surface area contributed by atoms with Gasteiger partial charge >= 0.3 is 0 Å². The second-order valence-corrected chi connectivity index (χ2v) is 6.32. The van der Waals surface area contributed by atoms with E-state index in [2.05, 4.69) is 27.5 Å². The fourth-order valence-corrected chi connectivity index (χ4v) is 3.93. The van der Waals surface area contributed by atoms with Gasteiger partial charge in [0.05, 0.1) is 5.69 Å². The quantitative estimate of drug-likeness (QED) is 0.708. The van der Waals surface area contributed by atoms with Gasteiger partial charge in [-0.15, -0.1) is 0 Å². The fourth-order valence-electron chi connectivity index (χ4n) is 3.11. The van der Waals surface area contributed by atoms with Gasteiger partial charge in [0, 0.05) is 22.1 Å². The predicted molar refractivity (Wildman–Crippen MR) is 72.2 cm³/mol. The summed E-state index contributed by atoms with van der Waals surface area (Å²) in [5.41, 5.74) is 1.82. The Balaban J connectivity index is 1.76. The third-order valence-electron chi connectivity index (χ3n) is 3.97. The average Bonchev–Trinajstić information content (AvgIpc) is 2.65. The molecule has 3 heteroatoms. The Bertz CT molecular complexity index is 404. The lowest BCUT2D eigenvalue weighted by atomic mass is 9.78. The fraction of sp³-hybridized carbons (Fsp3) is 0.538. The lowest BCUT2D eigenvalue weighted by Crippen LogP contribution is -2.55. The van der Waals surface area contributed by atoms with E-state index >= 15 is 0 Å². The van der Waals surface area contributed by atoms with Gasteiger partial charge in [0.2, 0.25) is 0 Å². The molecule has 2 aliphatic rings. The molecule has 16 heavy (non-hydrogen) atoms. The molecule has 1 saturated heterocycles. The Hall–Kier alpha value is -0.320. The highest BCUT2D eigenvalue weighted by Crippen LogP contribution is 2.47. The zero-order valence-corrected chi connectivity index (χ0v) is 11.3. The molecule has 0 amide bonds. The molecule has 1 nitrogen and oxygen atoms in total. The lowest BCUT2D eigenvalue weighted by Gasteiger charge is -2.50. The molecule has 0 N–H and O–H groups in total. The Morgan fingerprint density at radius 2 is 1.88 bits per heavy atom. The first-order chi connectivity index (χ1) is 7.69. The summed E-state index contributed by atoms with van der Waals surface area (Å²) >= 11 is 2.23. The molecule has 1 saturated carbocycles. The number of hydrogen-bond acceptors (Lipinski definition) is 1. The number of halogens is 2. The van der Waals surface area contributed by atoms with E-state index in [0.29, 0.717) is 5.41 Å². The van der Waals surface area contributed by atoms with Gasteiger partial charge in [0.25, 0.3) is 0 Å². The minimum absolute atomic E-state index is 0.135. The molecule has 3 rings (SSSR count). The molecular weight excluding hydrogens is 316 g/mol. The van der Waals surface area contributed by atoms with Crippen LogP contribution in [0, 0.1) is 14.8 Å². The zero-order chi connectivity index (χ0) is 11.2. The first-order valence-electron chi connectivity index (χ1n) is 5.89. The summed E-state index contributed by atoms with van der Waals surface area (Å²) in [6.07, 6.45) is 5.57. The van der Waals surface area contributed by atoms with Gasteiger partial charge in [-0.05, 0) is 53.6 Å². The summed E-state index contributed by atoms with van der Waals surface area (Å²) in [4.78, 5) is 2.40. The zero-order valence-electron chi connectivity index (χ0n) is 9.18. The van der Waals surface area contributed by atoms with Crippen LogP contribution in [0.2, 0.25) is 0 Å². The van der Waals surface area contributed by atoms with Gasteiger partial charge in [-0.25, -0.2) is 4.39 Å². The maximum atomic E-state index is 13.0. The van der Waals surface area contributed by atoms with Crippen LogP contribution in [-0.2, 0) is 0 Å². The first kappa shape index (κ1) is 10.8. The molecule has 0 atom stereocenters. The van der Waals surface area contributed by atoms with Crippen molar-refractivity contribution in [2.24, 2.45) is 5.41 Å². The topological polar surface area (TPSA) is 3.24 Å². The number of anilines is 1. The summed E-state index contributed by atoms with van der Waals surface area (Å²) in [6.45, 7) is 2.35. The van der Waals surface area contributed by atoms with Crippen molar-refractivity contribution in [1.29, 1.82) is 0 Å². The molecule has 0 aromatic heterocycles. The van der Waals surface area contributed by atoms with Crippen LogP contribution in [0.3, 0.4) is 0 Å². The normalized spacial score (nSPS) is 22.5. The van der Waals surface area contributed by atoms with Crippen molar-refractivity contribution < 1.29 is 4.39 Å². The molecule has 1 aliphatic heterocycles. The van der Waals surface area contributed by atoms with E-state index in [-0.39, 0.29) is 5.82 Å². The average molecular weight is 331 g/mol. The summed E-state index contributed by atoms with van der Waals surface area (Å²) in [5.74, 6) is -0.135. The van der Waals surface area contributed by atoms with E-state index in [1.165, 1.54) is 44.5 Å². The summed E-state index contributed by atoms with van der Waals surface area (Å²) in [6, 6.07) is 5.10. The predicted octanol–water partition coefficient (Wildman–Crippen LogP) is 3.81. The standard InChI is InChI=1S/C13H15FIN/c14-10-3-4-12(11(15)7-10)16-8-13(9-16)5-1-2-6-13/h3-4,7H,1-2,5-6,8-9H2. The first-order valence-corrected chi connectivity index (χ1v) is 6.97. The van der Waals surface area contributed by atoms with Crippen LogP contribution in [0.5, 0.6) is 0 Å². The molecule has 1 spiro atoms. The minimum atomic E-state index is -0.135. The van der Waals surface area contributed by atoms with Gasteiger partial charge in [-0.1, -0.05) is 12.8 Å². The lowest BCUT2D eigenvalue weighted by molar-refractivity contribution is 0.221. The second kappa shape index (κ2) is 3.86. The van der Waals surface area contributed by atoms with Crippen molar-refractivity contribution in [3.05, 3.63) is 27.6 Å². The van der Waals surface area contributed by atoms with E-state index in [1.54, 1.807) is 12.1 Å². The van der Waals surface area contributed by atoms with Gasteiger partial charge in [0.15, 0.2) is 0 Å². The van der Waals surface area contributed by atoms with E-state index in [9.17, 15) is 4.39 Å². The number of benzene rings is 1. The molecule has 0 radical (unpaired) electrons. The highest BCUT2D eigenvalue weighted by molar-refractivity contribution is 14.1. The molecular formula is C13H15FIN. The minimum Gasteiger partial charge on any atom is -0.369 e. The maximum absolute atomic E-state index is 13.0. The van der Waals surface area contributed by atoms with Gasteiger partial charge in [0.1, 0.15) is 5.82 Å². The van der Waals surface area contributed by atoms with Crippen molar-refractivity contribution in [1.82, 2.24) is 0 Å². The van der Waals surface area contributed by atoms with E-state index in [0.717, 1.165) is 3.57 Å². The smallest absolute Gasteiger partial charge is 0.124 e. The van der Waals surface area contributed by atoms with Gasteiger partial charge < -0.3 is 4.90 Å². The largest absolute Gasteiger partial charge is 0.369 e. The summed E-state index contributed by atoms with van der Waals surface area (Å²) < 4.78 is 14.0. The Labute approximate surface area is 109 Å². The van der Waals surface area contributed by atoms with Crippen molar-refractivity contribution in [3.63, 3.8) is 0 Å². The third kappa shape index (κ3) is 1.73. The van der Waals surface area contributed by atoms with Crippen molar-refractivity contribution in [3.8, 4) is 0 Å². The molecule has 0 bridgehead atoms. The monoisotopic (exact) mass is 331 g/mol. The second-order valence-electron chi connectivity index (χ2n) is 5.16. The Morgan fingerprint density at radius 1 is 1.19 bits per heavy atom. The Kier molecular flexibility index (Phi) is 2.61. The van der Waals surface area contributed by atoms with Crippen LogP contribution < -0.4 is 4.90 Å². The summed E-state index contributed by atoms with van der Waals surface area (Å²) in [5, 5.41) is 0. The van der Waals surface area contributed by atoms with Crippen LogP contribution >= 0.6 is 22.6 Å². The van der Waals surface area contributed by atoms with Gasteiger partial charge in [-0.2, -0.15) is 0 Å². The molecule has 1 aromatic rings. The highest BCUT2D eigenvalue weighted by atomic mass is 127. The number of rotatable bonds is 1. The molecule has 0 unspecified atom stereocenters. The molecule has 2 fully saturated rings. The van der Waals surface area contributed by atoms with Crippen molar-refractivity contribution >= 4 is 28.3 Å². The van der Waals surface area contributed by atoms with Crippen LogP contribution in [0.25, 0.3) is 0 Å². The van der Waals surface area contributed by atoms with Gasteiger partial charge in [-0.3, -0.25) is 0 Å². The molecule has 86 valence electrons. The molecule has 1 aromatic carbocycles. The number of nitrogens with zero attached hydrogens (tertiary/aromatic N) is 1. The molecule has 1 aliphatic carbocycles. The van der Waals surface area contributed by atoms with E-state index in [4.69, 9.17) is 0 Å². The number of hydrogen-bond donors (Lipinski definition) is 0. The maximum Gasteiger partial charge on any atom is 0.124 e. The van der Waals surface area contributed by atoms with Crippen LogP contribution in [0.4, 0.5) is 10.1 Å². The van der Waals surface area contributed by atoms with E-state index < -0.39 is 0 Å². The Morgan fingerprint density at radius 3 is 2.50 bits per heavy atom. The van der Waals surface area contributed by atoms with Crippen LogP contribution in [-0.4, -0.2) is 13.1 Å². The highest BCUT2D eigenvalue weighted by Gasteiger charge is 2.44. The third-order valence-corrected chi connectivity index (χ3v) is 4.83. The van der Waals surface area contributed by atoms with Crippen molar-refractivity contribution in [2.75, 3.05) is 18.0 Å². The van der Waals surface area contributed by atoms with Crippen LogP contribution in [0.1, 0.15) is 25.7 Å². The van der Waals surface area contributed by atoms with Crippen LogP contribution in [0.15, 0.2) is 18.2 Å².